The first-order chi connectivity index (χ1) is 16.6. The second-order valence-corrected chi connectivity index (χ2v) is 9.23. The van der Waals surface area contributed by atoms with Gasteiger partial charge in [-0.1, -0.05) is 72.5 Å². The Balaban J connectivity index is 1.29. The maximum absolute atomic E-state index is 12.9. The lowest BCUT2D eigenvalue weighted by molar-refractivity contribution is -0.122. The van der Waals surface area contributed by atoms with Gasteiger partial charge in [-0.2, -0.15) is 0 Å². The number of methoxy groups -OCH3 is 1. The van der Waals surface area contributed by atoms with Gasteiger partial charge in [-0.15, -0.1) is 0 Å². The second-order valence-electron chi connectivity index (χ2n) is 7.56. The maximum atomic E-state index is 12.9. The molecule has 0 unspecified atom stereocenters. The van der Waals surface area contributed by atoms with Gasteiger partial charge >= 0.3 is 0 Å². The van der Waals surface area contributed by atoms with Crippen molar-refractivity contribution in [3.8, 4) is 17.2 Å². The summed E-state index contributed by atoms with van der Waals surface area (Å²) in [6.07, 6.45) is 2.60. The number of thiocarbonyl (C=S) groups is 1. The summed E-state index contributed by atoms with van der Waals surface area (Å²) in [6.45, 7) is 1.53. The highest BCUT2D eigenvalue weighted by atomic mass is 32.2. The first-order valence-corrected chi connectivity index (χ1v) is 12.1. The summed E-state index contributed by atoms with van der Waals surface area (Å²) in [4.78, 5) is 15.2. The molecule has 0 N–H and O–H groups in total. The monoisotopic (exact) mass is 491 g/mol. The number of benzene rings is 3. The highest BCUT2D eigenvalue weighted by Gasteiger charge is 2.31. The highest BCUT2D eigenvalue weighted by molar-refractivity contribution is 8.26. The van der Waals surface area contributed by atoms with Gasteiger partial charge in [0.05, 0.1) is 31.8 Å². The summed E-state index contributed by atoms with van der Waals surface area (Å²) in [7, 11) is 1.63. The summed E-state index contributed by atoms with van der Waals surface area (Å²) < 4.78 is 17.4. The first-order valence-electron chi connectivity index (χ1n) is 10.9. The molecule has 3 aromatic carbocycles. The fraction of sp³-hybridized carbons (Fsp3) is 0.185. The normalized spacial score (nSPS) is 14.5. The Labute approximate surface area is 209 Å². The molecule has 0 radical (unpaired) electrons. The Kier molecular flexibility index (Phi) is 8.22. The van der Waals surface area contributed by atoms with Crippen LogP contribution in [-0.4, -0.2) is 35.5 Å². The van der Waals surface area contributed by atoms with Gasteiger partial charge in [0.2, 0.25) is 0 Å². The minimum atomic E-state index is -0.0696. The van der Waals surface area contributed by atoms with Crippen molar-refractivity contribution >= 4 is 40.3 Å². The molecule has 0 aromatic heterocycles. The summed E-state index contributed by atoms with van der Waals surface area (Å²) in [5.74, 6) is 2.21. The molecule has 1 fully saturated rings. The van der Waals surface area contributed by atoms with Crippen molar-refractivity contribution in [1.29, 1.82) is 0 Å². The predicted octanol–water partition coefficient (Wildman–Crippen LogP) is 5.94. The molecular weight excluding hydrogens is 466 g/mol. The van der Waals surface area contributed by atoms with E-state index in [9.17, 15) is 4.79 Å². The van der Waals surface area contributed by atoms with E-state index < -0.39 is 0 Å². The molecule has 1 amide bonds. The zero-order chi connectivity index (χ0) is 23.8. The molecule has 0 aliphatic carbocycles. The SMILES string of the molecule is COc1cccc(OCCCOc2cccc(/C=C3\SC(=S)N(Cc4ccccc4)C3=O)c2)c1. The molecule has 0 saturated carbocycles. The summed E-state index contributed by atoms with van der Waals surface area (Å²) in [5, 5.41) is 0. The van der Waals surface area contributed by atoms with E-state index in [-0.39, 0.29) is 5.91 Å². The third-order valence-electron chi connectivity index (χ3n) is 5.08. The Morgan fingerprint density at radius 3 is 2.29 bits per heavy atom. The molecule has 1 saturated heterocycles. The van der Waals surface area contributed by atoms with E-state index in [1.807, 2.05) is 84.9 Å². The summed E-state index contributed by atoms with van der Waals surface area (Å²) in [6, 6.07) is 25.1. The number of nitrogens with zero attached hydrogens (tertiary/aromatic N) is 1. The highest BCUT2D eigenvalue weighted by Crippen LogP contribution is 2.34. The van der Waals surface area contributed by atoms with Gasteiger partial charge < -0.3 is 14.2 Å². The number of ether oxygens (including phenoxy) is 3. The molecule has 34 heavy (non-hydrogen) atoms. The molecule has 1 aliphatic rings. The maximum Gasteiger partial charge on any atom is 0.266 e. The molecule has 1 aliphatic heterocycles. The van der Waals surface area contributed by atoms with Gasteiger partial charge in [0.15, 0.2) is 0 Å². The van der Waals surface area contributed by atoms with Crippen molar-refractivity contribution in [3.63, 3.8) is 0 Å². The minimum absolute atomic E-state index is 0.0696. The van der Waals surface area contributed by atoms with E-state index in [0.29, 0.717) is 29.0 Å². The fourth-order valence-corrected chi connectivity index (χ4v) is 4.63. The largest absolute Gasteiger partial charge is 0.497 e. The molecule has 1 heterocycles. The first kappa shape index (κ1) is 23.9. The predicted molar refractivity (Wildman–Crippen MR) is 140 cm³/mol. The van der Waals surface area contributed by atoms with Crippen LogP contribution in [-0.2, 0) is 11.3 Å². The number of hydrogen-bond acceptors (Lipinski definition) is 6. The van der Waals surface area contributed by atoms with Gasteiger partial charge in [0.25, 0.3) is 5.91 Å². The topological polar surface area (TPSA) is 48.0 Å². The molecule has 7 heteroatoms. The van der Waals surface area contributed by atoms with Crippen LogP contribution < -0.4 is 14.2 Å². The number of thioether (sulfide) groups is 1. The number of amides is 1. The average Bonchev–Trinajstić information content (AvgIpc) is 3.12. The van der Waals surface area contributed by atoms with Gasteiger partial charge in [-0.3, -0.25) is 9.69 Å². The lowest BCUT2D eigenvalue weighted by Gasteiger charge is -2.14. The Hall–Kier alpha value is -3.29. The van der Waals surface area contributed by atoms with Crippen LogP contribution in [0.2, 0.25) is 0 Å². The van der Waals surface area contributed by atoms with Gasteiger partial charge in [-0.05, 0) is 41.5 Å². The van der Waals surface area contributed by atoms with Crippen LogP contribution >= 0.6 is 24.0 Å². The number of rotatable bonds is 10. The molecular formula is C27H25NO4S2. The minimum Gasteiger partial charge on any atom is -0.497 e. The van der Waals surface area contributed by atoms with E-state index >= 15 is 0 Å². The molecule has 3 aromatic rings. The van der Waals surface area contributed by atoms with Crippen LogP contribution in [0.4, 0.5) is 0 Å². The van der Waals surface area contributed by atoms with E-state index in [1.165, 1.54) is 11.8 Å². The number of hydrogen-bond donors (Lipinski definition) is 0. The third-order valence-corrected chi connectivity index (χ3v) is 6.46. The van der Waals surface area contributed by atoms with Crippen LogP contribution in [0.1, 0.15) is 17.5 Å². The van der Waals surface area contributed by atoms with Crippen LogP contribution in [0.15, 0.2) is 83.8 Å². The quantitative estimate of drug-likeness (QED) is 0.199. The van der Waals surface area contributed by atoms with E-state index in [2.05, 4.69) is 0 Å². The molecule has 4 rings (SSSR count). The Morgan fingerprint density at radius 1 is 0.882 bits per heavy atom. The van der Waals surface area contributed by atoms with E-state index in [0.717, 1.165) is 34.8 Å². The van der Waals surface area contributed by atoms with Crippen molar-refractivity contribution in [2.75, 3.05) is 20.3 Å². The van der Waals surface area contributed by atoms with Crippen LogP contribution in [0, 0.1) is 0 Å². The van der Waals surface area contributed by atoms with Gasteiger partial charge in [0.1, 0.15) is 21.6 Å². The van der Waals surface area contributed by atoms with Crippen molar-refractivity contribution < 1.29 is 19.0 Å². The zero-order valence-corrected chi connectivity index (χ0v) is 20.4. The van der Waals surface area contributed by atoms with Crippen LogP contribution in [0.3, 0.4) is 0 Å². The van der Waals surface area contributed by atoms with Crippen molar-refractivity contribution in [3.05, 3.63) is 94.9 Å². The Bertz CT molecular complexity index is 1180. The molecule has 0 spiro atoms. The summed E-state index contributed by atoms with van der Waals surface area (Å²) >= 11 is 6.78. The second kappa shape index (κ2) is 11.7. The van der Waals surface area contributed by atoms with Gasteiger partial charge in [0, 0.05) is 12.5 Å². The van der Waals surface area contributed by atoms with Crippen molar-refractivity contribution in [2.24, 2.45) is 0 Å². The summed E-state index contributed by atoms with van der Waals surface area (Å²) in [5.41, 5.74) is 1.94. The molecule has 174 valence electrons. The number of carbonyl (C=O) groups is 1. The fourth-order valence-electron chi connectivity index (χ4n) is 3.38. The van der Waals surface area contributed by atoms with Crippen LogP contribution in [0.25, 0.3) is 6.08 Å². The molecule has 5 nitrogen and oxygen atoms in total. The smallest absolute Gasteiger partial charge is 0.266 e. The molecule has 0 bridgehead atoms. The Morgan fingerprint density at radius 2 is 1.56 bits per heavy atom. The zero-order valence-electron chi connectivity index (χ0n) is 18.8. The van der Waals surface area contributed by atoms with E-state index in [1.54, 1.807) is 12.0 Å². The lowest BCUT2D eigenvalue weighted by atomic mass is 10.2. The average molecular weight is 492 g/mol. The number of carbonyl (C=O) groups excluding carboxylic acids is 1. The lowest BCUT2D eigenvalue weighted by Crippen LogP contribution is -2.27. The van der Waals surface area contributed by atoms with Crippen molar-refractivity contribution in [1.82, 2.24) is 4.90 Å². The van der Waals surface area contributed by atoms with Crippen molar-refractivity contribution in [2.45, 2.75) is 13.0 Å². The van der Waals surface area contributed by atoms with Crippen LogP contribution in [0.5, 0.6) is 17.2 Å². The molecule has 0 atom stereocenters. The van der Waals surface area contributed by atoms with Gasteiger partial charge in [-0.25, -0.2) is 0 Å². The van der Waals surface area contributed by atoms with E-state index in [4.69, 9.17) is 26.4 Å². The third kappa shape index (κ3) is 6.40. The standard InChI is InChI=1S/C27H25NO4S2/c1-30-22-11-6-13-24(18-22)32-15-7-14-31-23-12-5-10-21(16-23)17-25-26(29)28(27(33)34-25)19-20-8-3-2-4-9-20/h2-6,8-13,16-18H,7,14-15,19H2,1H3/b25-17-.